The van der Waals surface area contributed by atoms with Gasteiger partial charge < -0.3 is 8.98 Å². The Balaban J connectivity index is 1.21. The molecule has 3 aromatic heterocycles. The van der Waals surface area contributed by atoms with Gasteiger partial charge in [0.25, 0.3) is 0 Å². The monoisotopic (exact) mass is 876 g/mol. The van der Waals surface area contributed by atoms with Gasteiger partial charge in [0.2, 0.25) is 0 Å². The lowest BCUT2D eigenvalue weighted by Gasteiger charge is -2.18. The van der Waals surface area contributed by atoms with E-state index >= 15 is 0 Å². The molecule has 0 aliphatic rings. The van der Waals surface area contributed by atoms with E-state index in [9.17, 15) is 0 Å². The number of furan rings is 1. The quantitative estimate of drug-likeness (QED) is 0.160. The summed E-state index contributed by atoms with van der Waals surface area (Å²) in [6.07, 6.45) is 0. The SMILES string of the molecule is Cc1cc(C)c(-c2ccc3c4ccc(-c5c(C)cc(C)cc5C)cc4n(-c4ccc(-c5cccc6oc7ccccc7c56)cc4-c4nc(-c5ccccc5)nc(-c5ccccc5)n4)c3c2)c(C)c1. The lowest BCUT2D eigenvalue weighted by Crippen LogP contribution is -2.04. The van der Waals surface area contributed by atoms with Crippen molar-refractivity contribution >= 4 is 43.7 Å². The maximum absolute atomic E-state index is 6.44. The first-order chi connectivity index (χ1) is 33.2. The van der Waals surface area contributed by atoms with E-state index < -0.39 is 0 Å². The van der Waals surface area contributed by atoms with Crippen LogP contribution >= 0.6 is 0 Å². The van der Waals surface area contributed by atoms with Crippen LogP contribution in [0, 0.1) is 41.5 Å². The summed E-state index contributed by atoms with van der Waals surface area (Å²) in [6, 6.07) is 65.0. The van der Waals surface area contributed by atoms with Gasteiger partial charge in [0.15, 0.2) is 17.5 Å². The third kappa shape index (κ3) is 6.89. The second kappa shape index (κ2) is 16.2. The molecule has 5 nitrogen and oxygen atoms in total. The van der Waals surface area contributed by atoms with E-state index in [2.05, 4.69) is 180 Å². The average molecular weight is 877 g/mol. The predicted octanol–water partition coefficient (Wildman–Crippen LogP) is 16.7. The van der Waals surface area contributed by atoms with Crippen molar-refractivity contribution in [2.45, 2.75) is 41.5 Å². The Hall–Kier alpha value is -8.41. The van der Waals surface area contributed by atoms with Crippen LogP contribution in [0.2, 0.25) is 0 Å². The van der Waals surface area contributed by atoms with Crippen LogP contribution in [0.1, 0.15) is 33.4 Å². The minimum atomic E-state index is 0.580. The summed E-state index contributed by atoms with van der Waals surface area (Å²) in [6.45, 7) is 13.3. The molecule has 0 fully saturated rings. The molecule has 12 aromatic rings. The Morgan fingerprint density at radius 1 is 0.353 bits per heavy atom. The number of aryl methyl sites for hydroxylation is 6. The molecule has 3 heterocycles. The third-order valence-corrected chi connectivity index (χ3v) is 13.6. The molecule has 0 spiro atoms. The van der Waals surface area contributed by atoms with Gasteiger partial charge in [-0.3, -0.25) is 0 Å². The van der Waals surface area contributed by atoms with Crippen molar-refractivity contribution in [3.8, 4) is 73.2 Å². The highest BCUT2D eigenvalue weighted by Crippen LogP contribution is 2.44. The molecule has 0 amide bonds. The van der Waals surface area contributed by atoms with Crippen molar-refractivity contribution in [3.05, 3.63) is 215 Å². The fourth-order valence-corrected chi connectivity index (χ4v) is 10.9. The summed E-state index contributed by atoms with van der Waals surface area (Å²) in [4.78, 5) is 15.9. The lowest BCUT2D eigenvalue weighted by molar-refractivity contribution is 0.669. The van der Waals surface area contributed by atoms with Crippen LogP contribution in [0.5, 0.6) is 0 Å². The van der Waals surface area contributed by atoms with E-state index in [1.54, 1.807) is 0 Å². The number of nitrogens with zero attached hydrogens (tertiary/aromatic N) is 4. The minimum Gasteiger partial charge on any atom is -0.456 e. The number of hydrogen-bond acceptors (Lipinski definition) is 4. The van der Waals surface area contributed by atoms with Crippen LogP contribution < -0.4 is 0 Å². The Bertz CT molecular complexity index is 3750. The Kier molecular flexibility index (Phi) is 9.77. The molecule has 5 heteroatoms. The molecule has 0 radical (unpaired) electrons. The van der Waals surface area contributed by atoms with Gasteiger partial charge in [0.05, 0.1) is 16.7 Å². The summed E-state index contributed by atoms with van der Waals surface area (Å²) < 4.78 is 8.90. The maximum atomic E-state index is 6.44. The molecular weight excluding hydrogens is 829 g/mol. The summed E-state index contributed by atoms with van der Waals surface area (Å²) in [7, 11) is 0. The normalized spacial score (nSPS) is 11.7. The molecule has 0 aliphatic heterocycles. The average Bonchev–Trinajstić information content (AvgIpc) is 3.89. The summed E-state index contributed by atoms with van der Waals surface area (Å²) in [5.74, 6) is 1.80. The topological polar surface area (TPSA) is 56.7 Å². The molecule has 0 bridgehead atoms. The van der Waals surface area contributed by atoms with Crippen LogP contribution in [0.15, 0.2) is 186 Å². The van der Waals surface area contributed by atoms with Crippen molar-refractivity contribution < 1.29 is 4.42 Å². The van der Waals surface area contributed by atoms with Gasteiger partial charge in [0, 0.05) is 38.2 Å². The van der Waals surface area contributed by atoms with E-state index in [1.807, 2.05) is 48.5 Å². The number of rotatable bonds is 7. The second-order valence-corrected chi connectivity index (χ2v) is 18.4. The molecule has 0 saturated heterocycles. The minimum absolute atomic E-state index is 0.580. The number of fused-ring (bicyclic) bond motifs is 6. The largest absolute Gasteiger partial charge is 0.456 e. The van der Waals surface area contributed by atoms with E-state index in [0.29, 0.717) is 17.5 Å². The lowest BCUT2D eigenvalue weighted by atomic mass is 9.92. The van der Waals surface area contributed by atoms with Gasteiger partial charge in [-0.15, -0.1) is 0 Å². The van der Waals surface area contributed by atoms with E-state index in [-0.39, 0.29) is 0 Å². The fourth-order valence-electron chi connectivity index (χ4n) is 10.9. The Morgan fingerprint density at radius 3 is 1.40 bits per heavy atom. The molecule has 12 rings (SSSR count). The van der Waals surface area contributed by atoms with Crippen molar-refractivity contribution in [1.82, 2.24) is 19.5 Å². The van der Waals surface area contributed by atoms with Gasteiger partial charge in [-0.05, 0) is 134 Å². The predicted molar refractivity (Wildman–Crippen MR) is 282 cm³/mol. The van der Waals surface area contributed by atoms with E-state index in [0.717, 1.165) is 66.5 Å². The van der Waals surface area contributed by atoms with Gasteiger partial charge in [-0.1, -0.05) is 157 Å². The van der Waals surface area contributed by atoms with Crippen LogP contribution in [-0.2, 0) is 0 Å². The van der Waals surface area contributed by atoms with Crippen molar-refractivity contribution in [2.75, 3.05) is 0 Å². The van der Waals surface area contributed by atoms with Gasteiger partial charge in [-0.25, -0.2) is 15.0 Å². The second-order valence-electron chi connectivity index (χ2n) is 18.4. The molecule has 68 heavy (non-hydrogen) atoms. The Labute approximate surface area is 396 Å². The molecule has 0 aliphatic carbocycles. The van der Waals surface area contributed by atoms with E-state index in [1.165, 1.54) is 66.4 Å². The van der Waals surface area contributed by atoms with Crippen LogP contribution in [0.25, 0.3) is 117 Å². The summed E-state index contributed by atoms with van der Waals surface area (Å²) in [5.41, 5.74) is 22.1. The standard InChI is InChI=1S/C63H48N4O/c1-37-30-39(3)58(40(4)31-37)46-24-27-49-50-28-25-47(59-41(5)32-38(2)33-42(59)6)36-55(50)67(54(49)35-46)53-29-26-45(48-21-15-23-57-60(48)51-20-13-14-22-56(51)68-57)34-52(53)63-65-61(43-16-9-7-10-17-43)64-62(66-63)44-18-11-8-12-19-44/h7-36H,1-6H3. The highest BCUT2D eigenvalue weighted by molar-refractivity contribution is 6.14. The molecule has 0 atom stereocenters. The Morgan fingerprint density at radius 2 is 0.838 bits per heavy atom. The first-order valence-corrected chi connectivity index (χ1v) is 23.3. The van der Waals surface area contributed by atoms with E-state index in [4.69, 9.17) is 19.4 Å². The van der Waals surface area contributed by atoms with Crippen molar-refractivity contribution in [3.63, 3.8) is 0 Å². The van der Waals surface area contributed by atoms with Crippen molar-refractivity contribution in [1.29, 1.82) is 0 Å². The number of hydrogen-bond donors (Lipinski definition) is 0. The molecule has 9 aromatic carbocycles. The highest BCUT2D eigenvalue weighted by atomic mass is 16.3. The first kappa shape index (κ1) is 41.1. The fraction of sp³-hybridized carbons (Fsp3) is 0.0952. The zero-order chi connectivity index (χ0) is 46.2. The van der Waals surface area contributed by atoms with Crippen LogP contribution in [0.4, 0.5) is 0 Å². The first-order valence-electron chi connectivity index (χ1n) is 23.3. The van der Waals surface area contributed by atoms with Crippen LogP contribution in [-0.4, -0.2) is 19.5 Å². The van der Waals surface area contributed by atoms with Gasteiger partial charge >= 0.3 is 0 Å². The zero-order valence-electron chi connectivity index (χ0n) is 39.0. The molecule has 326 valence electrons. The third-order valence-electron chi connectivity index (χ3n) is 13.6. The van der Waals surface area contributed by atoms with Crippen molar-refractivity contribution in [2.24, 2.45) is 0 Å². The van der Waals surface area contributed by atoms with Gasteiger partial charge in [-0.2, -0.15) is 0 Å². The summed E-state index contributed by atoms with van der Waals surface area (Å²) in [5, 5.41) is 4.49. The zero-order valence-corrected chi connectivity index (χ0v) is 39.0. The smallest absolute Gasteiger partial charge is 0.166 e. The molecule has 0 saturated carbocycles. The number of para-hydroxylation sites is 1. The summed E-state index contributed by atoms with van der Waals surface area (Å²) >= 11 is 0. The van der Waals surface area contributed by atoms with Gasteiger partial charge in [0.1, 0.15) is 11.2 Å². The van der Waals surface area contributed by atoms with Crippen LogP contribution in [0.3, 0.4) is 0 Å². The molecular formula is C63H48N4O. The highest BCUT2D eigenvalue weighted by Gasteiger charge is 2.23. The molecule has 0 N–H and O–H groups in total. The maximum Gasteiger partial charge on any atom is 0.166 e. The number of aromatic nitrogens is 4. The molecule has 0 unspecified atom stereocenters. The number of benzene rings is 9.